The van der Waals surface area contributed by atoms with Crippen molar-refractivity contribution in [1.82, 2.24) is 0 Å². The van der Waals surface area contributed by atoms with Crippen LogP contribution in [0.3, 0.4) is 0 Å². The summed E-state index contributed by atoms with van der Waals surface area (Å²) >= 11 is 1.46. The van der Waals surface area contributed by atoms with Gasteiger partial charge in [0.1, 0.15) is 5.00 Å². The number of anilines is 1. The lowest BCUT2D eigenvalue weighted by Gasteiger charge is -2.26. The molecule has 0 aliphatic carbocycles. The standard InChI is InChI=1S/C16H23NO4S/c1-6-21-16(20)13-7-12(5)22-14(13)17(8-10(2)3)9-11(4)15(18)19/h7,11H,2,6,8-9H2,1,3-5H3,(H,18,19). The molecule has 1 N–H and O–H groups in total. The zero-order chi connectivity index (χ0) is 16.9. The molecule has 1 unspecified atom stereocenters. The Hall–Kier alpha value is -1.82. The van der Waals surface area contributed by atoms with Crippen molar-refractivity contribution in [3.63, 3.8) is 0 Å². The van der Waals surface area contributed by atoms with E-state index in [1.807, 2.05) is 18.7 Å². The third kappa shape index (κ3) is 4.87. The molecule has 1 rings (SSSR count). The fourth-order valence-corrected chi connectivity index (χ4v) is 3.05. The summed E-state index contributed by atoms with van der Waals surface area (Å²) in [5.41, 5.74) is 1.39. The fourth-order valence-electron chi connectivity index (χ4n) is 2.05. The monoisotopic (exact) mass is 325 g/mol. The van der Waals surface area contributed by atoms with Crippen molar-refractivity contribution in [1.29, 1.82) is 0 Å². The summed E-state index contributed by atoms with van der Waals surface area (Å²) in [6.45, 7) is 12.2. The number of hydrogen-bond donors (Lipinski definition) is 1. The van der Waals surface area contributed by atoms with Gasteiger partial charge in [0, 0.05) is 18.0 Å². The normalized spacial score (nSPS) is 11.8. The number of carboxylic acid groups (broad SMARTS) is 1. The summed E-state index contributed by atoms with van der Waals surface area (Å²) in [5, 5.41) is 9.89. The molecule has 0 saturated heterocycles. The van der Waals surface area contributed by atoms with Gasteiger partial charge >= 0.3 is 11.9 Å². The average Bonchev–Trinajstić information content (AvgIpc) is 2.79. The number of rotatable bonds is 8. The molecule has 0 aromatic carbocycles. The number of aliphatic carboxylic acids is 1. The molecular formula is C16H23NO4S. The number of ether oxygens (including phenoxy) is 1. The third-order valence-corrected chi connectivity index (χ3v) is 4.11. The fraction of sp³-hybridized carbons (Fsp3) is 0.500. The first-order valence-electron chi connectivity index (χ1n) is 7.15. The molecule has 1 heterocycles. The van der Waals surface area contributed by atoms with Crippen molar-refractivity contribution in [3.8, 4) is 0 Å². The van der Waals surface area contributed by atoms with E-state index < -0.39 is 11.9 Å². The van der Waals surface area contributed by atoms with Gasteiger partial charge in [-0.3, -0.25) is 4.79 Å². The highest BCUT2D eigenvalue weighted by molar-refractivity contribution is 7.16. The molecule has 22 heavy (non-hydrogen) atoms. The van der Waals surface area contributed by atoms with Crippen molar-refractivity contribution in [3.05, 3.63) is 28.7 Å². The van der Waals surface area contributed by atoms with Gasteiger partial charge in [-0.2, -0.15) is 0 Å². The molecular weight excluding hydrogens is 302 g/mol. The smallest absolute Gasteiger partial charge is 0.341 e. The van der Waals surface area contributed by atoms with Crippen LogP contribution in [0.2, 0.25) is 0 Å². The first-order valence-corrected chi connectivity index (χ1v) is 7.97. The highest BCUT2D eigenvalue weighted by Crippen LogP contribution is 2.33. The van der Waals surface area contributed by atoms with Gasteiger partial charge in [0.15, 0.2) is 0 Å². The van der Waals surface area contributed by atoms with Crippen LogP contribution < -0.4 is 4.90 Å². The topological polar surface area (TPSA) is 66.8 Å². The van der Waals surface area contributed by atoms with Gasteiger partial charge in [-0.25, -0.2) is 4.79 Å². The molecule has 1 atom stereocenters. The zero-order valence-electron chi connectivity index (χ0n) is 13.5. The highest BCUT2D eigenvalue weighted by Gasteiger charge is 2.24. The lowest BCUT2D eigenvalue weighted by Crippen LogP contribution is -2.33. The lowest BCUT2D eigenvalue weighted by molar-refractivity contribution is -0.140. The van der Waals surface area contributed by atoms with E-state index in [9.17, 15) is 9.59 Å². The Balaban J connectivity index is 3.15. The molecule has 0 saturated carbocycles. The predicted molar refractivity (Wildman–Crippen MR) is 88.8 cm³/mol. The maximum absolute atomic E-state index is 12.1. The minimum absolute atomic E-state index is 0.305. The molecule has 1 aromatic heterocycles. The molecule has 0 aliphatic heterocycles. The van der Waals surface area contributed by atoms with Crippen LogP contribution in [0.5, 0.6) is 0 Å². The largest absolute Gasteiger partial charge is 0.481 e. The summed E-state index contributed by atoms with van der Waals surface area (Å²) in [7, 11) is 0. The molecule has 0 spiro atoms. The summed E-state index contributed by atoms with van der Waals surface area (Å²) in [6.07, 6.45) is 0. The van der Waals surface area contributed by atoms with Gasteiger partial charge in [-0.05, 0) is 26.8 Å². The van der Waals surface area contributed by atoms with E-state index in [0.717, 1.165) is 15.5 Å². The first kappa shape index (κ1) is 18.2. The lowest BCUT2D eigenvalue weighted by atomic mass is 10.1. The molecule has 0 aliphatic rings. The van der Waals surface area contributed by atoms with E-state index in [1.165, 1.54) is 11.3 Å². The number of thiophene rings is 1. The van der Waals surface area contributed by atoms with Crippen LogP contribution in [-0.2, 0) is 9.53 Å². The quantitative estimate of drug-likeness (QED) is 0.586. The van der Waals surface area contributed by atoms with E-state index in [4.69, 9.17) is 9.84 Å². The van der Waals surface area contributed by atoms with Crippen molar-refractivity contribution < 1.29 is 19.4 Å². The van der Waals surface area contributed by atoms with Crippen LogP contribution in [0.1, 0.15) is 36.0 Å². The molecule has 0 bridgehead atoms. The van der Waals surface area contributed by atoms with Crippen LogP contribution in [0.25, 0.3) is 0 Å². The Morgan fingerprint density at radius 2 is 2.14 bits per heavy atom. The van der Waals surface area contributed by atoms with Gasteiger partial charge in [-0.1, -0.05) is 19.1 Å². The maximum atomic E-state index is 12.1. The van der Waals surface area contributed by atoms with Crippen LogP contribution in [0.15, 0.2) is 18.2 Å². The molecule has 122 valence electrons. The number of carbonyl (C=O) groups is 2. The summed E-state index contributed by atoms with van der Waals surface area (Å²) in [4.78, 5) is 26.1. The van der Waals surface area contributed by atoms with Crippen LogP contribution >= 0.6 is 11.3 Å². The summed E-state index contributed by atoms with van der Waals surface area (Å²) in [6, 6.07) is 1.79. The third-order valence-electron chi connectivity index (χ3n) is 2.99. The molecule has 0 amide bonds. The predicted octanol–water partition coefficient (Wildman–Crippen LogP) is 3.34. The molecule has 0 radical (unpaired) electrons. The number of nitrogens with zero attached hydrogens (tertiary/aromatic N) is 1. The highest BCUT2D eigenvalue weighted by atomic mass is 32.1. The second-order valence-corrected chi connectivity index (χ2v) is 6.61. The number of hydrogen-bond acceptors (Lipinski definition) is 5. The van der Waals surface area contributed by atoms with E-state index in [1.54, 1.807) is 19.9 Å². The van der Waals surface area contributed by atoms with Gasteiger partial charge < -0.3 is 14.7 Å². The number of carbonyl (C=O) groups excluding carboxylic acids is 1. The minimum Gasteiger partial charge on any atom is -0.481 e. The first-order chi connectivity index (χ1) is 10.3. The van der Waals surface area contributed by atoms with Gasteiger partial charge in [0.2, 0.25) is 0 Å². The van der Waals surface area contributed by atoms with Crippen molar-refractivity contribution in [2.75, 3.05) is 24.6 Å². The van der Waals surface area contributed by atoms with Gasteiger partial charge in [-0.15, -0.1) is 11.3 Å². The van der Waals surface area contributed by atoms with Crippen molar-refractivity contribution in [2.45, 2.75) is 27.7 Å². The Morgan fingerprint density at radius 1 is 1.50 bits per heavy atom. The minimum atomic E-state index is -0.863. The number of esters is 1. The second kappa shape index (κ2) is 7.98. The zero-order valence-corrected chi connectivity index (χ0v) is 14.3. The Kier molecular flexibility index (Phi) is 6.61. The van der Waals surface area contributed by atoms with E-state index >= 15 is 0 Å². The van der Waals surface area contributed by atoms with Crippen molar-refractivity contribution in [2.24, 2.45) is 5.92 Å². The van der Waals surface area contributed by atoms with E-state index in [2.05, 4.69) is 6.58 Å². The Morgan fingerprint density at radius 3 is 2.64 bits per heavy atom. The average molecular weight is 325 g/mol. The summed E-state index contributed by atoms with van der Waals surface area (Å²) < 4.78 is 5.09. The Bertz CT molecular complexity index is 564. The molecule has 1 aromatic rings. The van der Waals surface area contributed by atoms with Crippen LogP contribution in [0, 0.1) is 12.8 Å². The van der Waals surface area contributed by atoms with Crippen LogP contribution in [-0.4, -0.2) is 36.7 Å². The Labute approximate surface area is 135 Å². The second-order valence-electron chi connectivity index (χ2n) is 5.37. The van der Waals surface area contributed by atoms with E-state index in [-0.39, 0.29) is 5.97 Å². The summed E-state index contributed by atoms with van der Waals surface area (Å²) in [5.74, 6) is -1.79. The SMILES string of the molecule is C=C(C)CN(CC(C)C(=O)O)c1sc(C)cc1C(=O)OCC. The van der Waals surface area contributed by atoms with Gasteiger partial charge in [0.25, 0.3) is 0 Å². The van der Waals surface area contributed by atoms with Gasteiger partial charge in [0.05, 0.1) is 18.1 Å². The molecule has 5 nitrogen and oxygen atoms in total. The number of aryl methyl sites for hydroxylation is 1. The number of carboxylic acids is 1. The maximum Gasteiger partial charge on any atom is 0.341 e. The molecule has 0 fully saturated rings. The molecule has 6 heteroatoms. The van der Waals surface area contributed by atoms with E-state index in [0.29, 0.717) is 25.3 Å². The van der Waals surface area contributed by atoms with Crippen molar-refractivity contribution >= 4 is 28.3 Å². The van der Waals surface area contributed by atoms with Crippen LogP contribution in [0.4, 0.5) is 5.00 Å².